The summed E-state index contributed by atoms with van der Waals surface area (Å²) < 4.78 is 5.40. The number of halogens is 1. The monoisotopic (exact) mass is 369 g/mol. The highest BCUT2D eigenvalue weighted by molar-refractivity contribution is 14.0. The lowest BCUT2D eigenvalue weighted by atomic mass is 10.1. The van der Waals surface area contributed by atoms with Crippen LogP contribution in [0.1, 0.15) is 26.7 Å². The molecule has 0 saturated carbocycles. The molecule has 1 aliphatic heterocycles. The molecule has 1 aliphatic rings. The quantitative estimate of drug-likeness (QED) is 0.459. The van der Waals surface area contributed by atoms with E-state index < -0.39 is 0 Å². The van der Waals surface area contributed by atoms with Crippen molar-refractivity contribution in [1.29, 1.82) is 0 Å². The highest BCUT2D eigenvalue weighted by Crippen LogP contribution is 2.13. The topological polar surface area (TPSA) is 36.9 Å². The number of guanidine groups is 1. The SMILES string of the molecule is CN=C(NCCC(C)C)N(C)CC1CCOC1.I. The molecular weight excluding hydrogens is 341 g/mol. The van der Waals surface area contributed by atoms with Gasteiger partial charge in [0, 0.05) is 39.7 Å². The zero-order valence-corrected chi connectivity index (χ0v) is 14.4. The van der Waals surface area contributed by atoms with Crippen LogP contribution in [-0.4, -0.2) is 51.3 Å². The number of nitrogens with zero attached hydrogens (tertiary/aromatic N) is 2. The number of hydrogen-bond acceptors (Lipinski definition) is 2. The second-order valence-corrected chi connectivity index (χ2v) is 5.27. The van der Waals surface area contributed by atoms with E-state index >= 15 is 0 Å². The number of aliphatic imine (C=N–C) groups is 1. The number of hydrogen-bond donors (Lipinski definition) is 1. The van der Waals surface area contributed by atoms with Gasteiger partial charge >= 0.3 is 0 Å². The maximum atomic E-state index is 5.40. The van der Waals surface area contributed by atoms with Gasteiger partial charge in [-0.15, -0.1) is 24.0 Å². The summed E-state index contributed by atoms with van der Waals surface area (Å²) in [5, 5.41) is 3.41. The van der Waals surface area contributed by atoms with Crippen molar-refractivity contribution < 1.29 is 4.74 Å². The molecule has 1 rings (SSSR count). The molecule has 18 heavy (non-hydrogen) atoms. The first-order chi connectivity index (χ1) is 8.13. The van der Waals surface area contributed by atoms with E-state index in [9.17, 15) is 0 Å². The number of nitrogens with one attached hydrogen (secondary N) is 1. The number of rotatable bonds is 5. The van der Waals surface area contributed by atoms with E-state index in [-0.39, 0.29) is 24.0 Å². The normalized spacial score (nSPS) is 19.8. The van der Waals surface area contributed by atoms with E-state index in [1.54, 1.807) is 0 Å². The minimum Gasteiger partial charge on any atom is -0.381 e. The van der Waals surface area contributed by atoms with Crippen molar-refractivity contribution in [3.63, 3.8) is 0 Å². The molecule has 0 spiro atoms. The van der Waals surface area contributed by atoms with E-state index in [0.717, 1.165) is 38.2 Å². The summed E-state index contributed by atoms with van der Waals surface area (Å²) >= 11 is 0. The molecule has 0 amide bonds. The van der Waals surface area contributed by atoms with Crippen molar-refractivity contribution in [1.82, 2.24) is 10.2 Å². The van der Waals surface area contributed by atoms with Crippen LogP contribution in [0.5, 0.6) is 0 Å². The molecule has 1 unspecified atom stereocenters. The van der Waals surface area contributed by atoms with Crippen LogP contribution < -0.4 is 5.32 Å². The van der Waals surface area contributed by atoms with Crippen molar-refractivity contribution in [3.05, 3.63) is 0 Å². The van der Waals surface area contributed by atoms with Crippen molar-refractivity contribution in [2.24, 2.45) is 16.8 Å². The Hall–Kier alpha value is -0.0400. The van der Waals surface area contributed by atoms with Gasteiger partial charge in [0.15, 0.2) is 5.96 Å². The Balaban J connectivity index is 0.00000289. The van der Waals surface area contributed by atoms with Crippen LogP contribution in [0.25, 0.3) is 0 Å². The predicted octanol–water partition coefficient (Wildman–Crippen LogP) is 2.19. The van der Waals surface area contributed by atoms with Crippen molar-refractivity contribution in [2.75, 3.05) is 40.4 Å². The molecule has 108 valence electrons. The Morgan fingerprint density at radius 1 is 1.50 bits per heavy atom. The molecule has 1 saturated heterocycles. The highest BCUT2D eigenvalue weighted by Gasteiger charge is 2.18. The molecule has 0 aromatic heterocycles. The predicted molar refractivity (Wildman–Crippen MR) is 87.8 cm³/mol. The molecule has 0 bridgehead atoms. The van der Waals surface area contributed by atoms with Crippen LogP contribution in [-0.2, 0) is 4.74 Å². The van der Waals surface area contributed by atoms with Gasteiger partial charge in [-0.1, -0.05) is 13.8 Å². The standard InChI is InChI=1S/C13H27N3O.HI/c1-11(2)5-7-15-13(14-3)16(4)9-12-6-8-17-10-12;/h11-12H,5-10H2,1-4H3,(H,14,15);1H. The second-order valence-electron chi connectivity index (χ2n) is 5.27. The maximum absolute atomic E-state index is 5.40. The van der Waals surface area contributed by atoms with Crippen LogP contribution in [0.2, 0.25) is 0 Å². The zero-order valence-electron chi connectivity index (χ0n) is 12.1. The lowest BCUT2D eigenvalue weighted by Gasteiger charge is -2.24. The molecule has 1 heterocycles. The molecule has 0 aromatic rings. The molecule has 5 heteroatoms. The van der Waals surface area contributed by atoms with Gasteiger partial charge in [0.25, 0.3) is 0 Å². The van der Waals surface area contributed by atoms with Crippen LogP contribution >= 0.6 is 24.0 Å². The van der Waals surface area contributed by atoms with Gasteiger partial charge in [0.05, 0.1) is 6.61 Å². The molecule has 4 nitrogen and oxygen atoms in total. The van der Waals surface area contributed by atoms with E-state index in [0.29, 0.717) is 5.92 Å². The lowest BCUT2D eigenvalue weighted by Crippen LogP contribution is -2.42. The molecule has 0 aliphatic carbocycles. The molecular formula is C13H28IN3O. The Morgan fingerprint density at radius 3 is 2.72 bits per heavy atom. The van der Waals surface area contributed by atoms with E-state index in [4.69, 9.17) is 4.74 Å². The molecule has 1 atom stereocenters. The van der Waals surface area contributed by atoms with Gasteiger partial charge in [-0.2, -0.15) is 0 Å². The average Bonchev–Trinajstić information content (AvgIpc) is 2.76. The van der Waals surface area contributed by atoms with E-state index in [1.807, 2.05) is 7.05 Å². The third-order valence-electron chi connectivity index (χ3n) is 3.13. The third-order valence-corrected chi connectivity index (χ3v) is 3.13. The first-order valence-corrected chi connectivity index (χ1v) is 6.63. The van der Waals surface area contributed by atoms with Crippen LogP contribution in [0.4, 0.5) is 0 Å². The number of ether oxygens (including phenoxy) is 1. The Labute approximate surface area is 129 Å². The summed E-state index contributed by atoms with van der Waals surface area (Å²) in [6.45, 7) is 8.32. The Bertz CT molecular complexity index is 240. The Morgan fingerprint density at radius 2 is 2.22 bits per heavy atom. The Kier molecular flexibility index (Phi) is 9.81. The van der Waals surface area contributed by atoms with Gasteiger partial charge in [-0.25, -0.2) is 0 Å². The molecule has 0 radical (unpaired) electrons. The summed E-state index contributed by atoms with van der Waals surface area (Å²) in [6.07, 6.45) is 2.35. The van der Waals surface area contributed by atoms with Gasteiger partial charge in [0.1, 0.15) is 0 Å². The maximum Gasteiger partial charge on any atom is 0.193 e. The van der Waals surface area contributed by atoms with Gasteiger partial charge in [0.2, 0.25) is 0 Å². The summed E-state index contributed by atoms with van der Waals surface area (Å²) in [5.74, 6) is 2.38. The third kappa shape index (κ3) is 6.78. The van der Waals surface area contributed by atoms with Crippen LogP contribution in [0, 0.1) is 11.8 Å². The van der Waals surface area contributed by atoms with Gasteiger partial charge < -0.3 is 15.0 Å². The minimum atomic E-state index is 0. The summed E-state index contributed by atoms with van der Waals surface area (Å²) in [5.41, 5.74) is 0. The summed E-state index contributed by atoms with van der Waals surface area (Å²) in [7, 11) is 3.95. The molecule has 1 N–H and O–H groups in total. The van der Waals surface area contributed by atoms with Crippen LogP contribution in [0.3, 0.4) is 0 Å². The summed E-state index contributed by atoms with van der Waals surface area (Å²) in [6, 6.07) is 0. The molecule has 0 aromatic carbocycles. The van der Waals surface area contributed by atoms with E-state index in [1.165, 1.54) is 12.8 Å². The van der Waals surface area contributed by atoms with Gasteiger partial charge in [-0.05, 0) is 18.8 Å². The second kappa shape index (κ2) is 9.83. The fraction of sp³-hybridized carbons (Fsp3) is 0.923. The molecule has 1 fully saturated rings. The zero-order chi connectivity index (χ0) is 12.7. The van der Waals surface area contributed by atoms with Crippen molar-refractivity contribution >= 4 is 29.9 Å². The van der Waals surface area contributed by atoms with Crippen molar-refractivity contribution in [2.45, 2.75) is 26.7 Å². The average molecular weight is 369 g/mol. The summed E-state index contributed by atoms with van der Waals surface area (Å²) in [4.78, 5) is 6.53. The van der Waals surface area contributed by atoms with Crippen molar-refractivity contribution in [3.8, 4) is 0 Å². The van der Waals surface area contributed by atoms with Gasteiger partial charge in [-0.3, -0.25) is 4.99 Å². The van der Waals surface area contributed by atoms with E-state index in [2.05, 4.69) is 36.1 Å². The first kappa shape index (κ1) is 18.0. The first-order valence-electron chi connectivity index (χ1n) is 6.63. The lowest BCUT2D eigenvalue weighted by molar-refractivity contribution is 0.181. The minimum absolute atomic E-state index is 0. The smallest absolute Gasteiger partial charge is 0.193 e. The van der Waals surface area contributed by atoms with Crippen LogP contribution in [0.15, 0.2) is 4.99 Å². The largest absolute Gasteiger partial charge is 0.381 e. The fourth-order valence-electron chi connectivity index (χ4n) is 2.06. The fourth-order valence-corrected chi connectivity index (χ4v) is 2.06. The highest BCUT2D eigenvalue weighted by atomic mass is 127.